The zero-order valence-corrected chi connectivity index (χ0v) is 53.7. The van der Waals surface area contributed by atoms with Crippen LogP contribution in [-0.4, -0.2) is 134 Å². The number of aromatic nitrogens is 4. The predicted molar refractivity (Wildman–Crippen MR) is 354 cm³/mol. The summed E-state index contributed by atoms with van der Waals surface area (Å²) in [6.07, 6.45) is 5.57. The summed E-state index contributed by atoms with van der Waals surface area (Å²) >= 11 is 0. The van der Waals surface area contributed by atoms with Gasteiger partial charge in [-0.05, 0) is 105 Å². The Morgan fingerprint density at radius 1 is 0.593 bits per heavy atom. The van der Waals surface area contributed by atoms with E-state index < -0.39 is 40.3 Å². The zero-order valence-electron chi connectivity index (χ0n) is 51.7. The SMILES string of the molecule is C.C.C.CCOC(=O)c1nc(-c2ccc(CC(CCO[Si](c3ccccc3)(c3ccccc3)C(C)(C)C)NC(=O)OC(C)(C)C)cc2)cn1CCO[Si](C)(C)C(C)(C)C.CCOC(=O)c1nc(-c2ccc(CC(N)CCO)cc2)cn1CCO.CO. The van der Waals surface area contributed by atoms with Gasteiger partial charge in [-0.3, -0.25) is 0 Å². The van der Waals surface area contributed by atoms with Crippen LogP contribution in [0.2, 0.25) is 23.2 Å². The number of hydrogen-bond donors (Lipinski definition) is 5. The number of alkyl carbamates (subject to hydrolysis) is 1. The van der Waals surface area contributed by atoms with E-state index in [0.29, 0.717) is 56.8 Å². The van der Waals surface area contributed by atoms with Crippen molar-refractivity contribution in [1.82, 2.24) is 24.4 Å². The Morgan fingerprint density at radius 2 is 1.03 bits per heavy atom. The number of carbonyl (C=O) groups is 3. The lowest BCUT2D eigenvalue weighted by atomic mass is 10.0. The summed E-state index contributed by atoms with van der Waals surface area (Å²) in [5, 5.41) is 30.6. The second kappa shape index (κ2) is 36.1. The van der Waals surface area contributed by atoms with E-state index in [1.54, 1.807) is 24.6 Å². The lowest BCUT2D eigenvalue weighted by Gasteiger charge is -2.43. The van der Waals surface area contributed by atoms with Gasteiger partial charge in [-0.15, -0.1) is 0 Å². The maximum atomic E-state index is 13.2. The first-order chi connectivity index (χ1) is 39.2. The van der Waals surface area contributed by atoms with Crippen molar-refractivity contribution < 1.29 is 52.8 Å². The number of rotatable bonds is 25. The van der Waals surface area contributed by atoms with Crippen LogP contribution in [0.25, 0.3) is 22.5 Å². The summed E-state index contributed by atoms with van der Waals surface area (Å²) in [5.74, 6) is -0.528. The summed E-state index contributed by atoms with van der Waals surface area (Å²) in [7, 11) is -3.73. The second-order valence-corrected chi connectivity index (χ2v) is 32.9. The normalized spacial score (nSPS) is 12.3. The first-order valence-electron chi connectivity index (χ1n) is 28.7. The molecule has 0 radical (unpaired) electrons. The number of esters is 2. The number of nitrogens with two attached hydrogens (primary N) is 1. The van der Waals surface area contributed by atoms with Gasteiger partial charge in [-0.2, -0.15) is 0 Å². The number of nitrogens with zero attached hydrogens (tertiary/aromatic N) is 4. The van der Waals surface area contributed by atoms with E-state index in [1.165, 1.54) is 10.4 Å². The molecule has 1 amide bonds. The Bertz CT molecular complexity index is 2860. The van der Waals surface area contributed by atoms with Gasteiger partial charge in [0.05, 0.1) is 37.8 Å². The minimum absolute atomic E-state index is 0. The van der Waals surface area contributed by atoms with Gasteiger partial charge in [0.15, 0.2) is 8.32 Å². The smallest absolute Gasteiger partial charge is 0.407 e. The van der Waals surface area contributed by atoms with Crippen molar-refractivity contribution in [3.63, 3.8) is 0 Å². The van der Waals surface area contributed by atoms with Crippen molar-refractivity contribution in [2.45, 2.75) is 178 Å². The number of benzene rings is 4. The average molecular weight is 1230 g/mol. The molecule has 0 saturated carbocycles. The summed E-state index contributed by atoms with van der Waals surface area (Å²) in [6, 6.07) is 36.7. The number of aliphatic hydroxyl groups excluding tert-OH is 3. The standard InChI is InChI=1S/C45H65N3O6Si2.C18H25N3O4.CH4O.3CH4/c1-13-51-41(49)40-47-39(33-48(40)29-31-52-55(11,12)44(5,6)7)35-26-24-34(25-27-35)32-36(46-42(50)54-43(2,3)4)28-30-53-56(45(8,9)10,37-20-16-14-17-21-37)38-22-18-15-19-23-38;1-2-25-18(24)17-20-16(12-21(17)8-10-23)14-5-3-13(4-6-14)11-15(19)7-9-22;1-2;;;/h14-27,33,36H,13,28-32H2,1-12H3,(H,46,50);3-6,12,15,22-23H,2,7-11,19H2,1H3;2H,1H3;3*1H4. The average Bonchev–Trinajstić information content (AvgIpc) is 1.07. The van der Waals surface area contributed by atoms with Gasteiger partial charge in [0.25, 0.3) is 8.32 Å². The van der Waals surface area contributed by atoms with Gasteiger partial charge in [-0.1, -0.05) is 173 Å². The largest absolute Gasteiger partial charge is 0.460 e. The lowest BCUT2D eigenvalue weighted by molar-refractivity contribution is 0.0488. The number of ether oxygens (including phenoxy) is 3. The highest BCUT2D eigenvalue weighted by Crippen LogP contribution is 2.38. The summed E-state index contributed by atoms with van der Waals surface area (Å²) in [6.45, 7) is 29.2. The van der Waals surface area contributed by atoms with E-state index in [1.807, 2.05) is 92.2 Å². The van der Waals surface area contributed by atoms with Gasteiger partial charge in [0.2, 0.25) is 11.6 Å². The fourth-order valence-electron chi connectivity index (χ4n) is 9.19. The topological polar surface area (TPSA) is 232 Å². The van der Waals surface area contributed by atoms with E-state index in [0.717, 1.165) is 29.4 Å². The van der Waals surface area contributed by atoms with E-state index in [9.17, 15) is 14.4 Å². The maximum Gasteiger partial charge on any atom is 0.407 e. The van der Waals surface area contributed by atoms with Crippen LogP contribution < -0.4 is 21.4 Å². The summed E-state index contributed by atoms with van der Waals surface area (Å²) < 4.78 is 33.1. The minimum atomic E-state index is -2.77. The Kier molecular flexibility index (Phi) is 32.6. The first-order valence-corrected chi connectivity index (χ1v) is 33.5. The molecule has 6 N–H and O–H groups in total. The minimum Gasteiger partial charge on any atom is -0.460 e. The zero-order chi connectivity index (χ0) is 61.6. The number of hydrogen-bond acceptors (Lipinski definition) is 14. The molecule has 2 unspecified atom stereocenters. The Balaban J connectivity index is 0.00000103. The van der Waals surface area contributed by atoms with E-state index in [2.05, 4.69) is 113 Å². The van der Waals surface area contributed by atoms with Crippen molar-refractivity contribution in [2.75, 3.05) is 46.8 Å². The van der Waals surface area contributed by atoms with Gasteiger partial charge < -0.3 is 58.6 Å². The molecule has 478 valence electrons. The van der Waals surface area contributed by atoms with Gasteiger partial charge in [0, 0.05) is 69.0 Å². The Hall–Kier alpha value is -6.30. The van der Waals surface area contributed by atoms with Crippen LogP contribution in [-0.2, 0) is 49.0 Å². The fraction of sp³-hybridized carbons (Fsp3) is 0.507. The van der Waals surface area contributed by atoms with Crippen molar-refractivity contribution >= 4 is 45.0 Å². The van der Waals surface area contributed by atoms with E-state index in [4.69, 9.17) is 49.1 Å². The highest BCUT2D eigenvalue weighted by molar-refractivity contribution is 6.99. The highest BCUT2D eigenvalue weighted by atomic mass is 28.4. The van der Waals surface area contributed by atoms with Crippen molar-refractivity contribution in [3.05, 3.63) is 144 Å². The molecule has 86 heavy (non-hydrogen) atoms. The fourth-order valence-corrected chi connectivity index (χ4v) is 14.8. The van der Waals surface area contributed by atoms with Crippen molar-refractivity contribution in [2.24, 2.45) is 5.73 Å². The van der Waals surface area contributed by atoms with Crippen LogP contribution in [0, 0.1) is 0 Å². The molecule has 19 heteroatoms. The number of nitrogens with one attached hydrogen (secondary N) is 1. The molecule has 6 rings (SSSR count). The molecular formula is C67H106N6O11Si2. The van der Waals surface area contributed by atoms with Crippen LogP contribution >= 0.6 is 0 Å². The Morgan fingerprint density at radius 3 is 1.43 bits per heavy atom. The summed E-state index contributed by atoms with van der Waals surface area (Å²) in [5.41, 5.74) is 10.5. The van der Waals surface area contributed by atoms with E-state index >= 15 is 0 Å². The first kappa shape index (κ1) is 77.7. The van der Waals surface area contributed by atoms with Gasteiger partial charge in [0.1, 0.15) is 5.60 Å². The quantitative estimate of drug-likeness (QED) is 0.0204. The van der Waals surface area contributed by atoms with Crippen molar-refractivity contribution in [3.8, 4) is 22.5 Å². The molecule has 0 saturated heterocycles. The molecule has 4 aromatic carbocycles. The lowest BCUT2D eigenvalue weighted by Crippen LogP contribution is -2.66. The molecular weight excluding hydrogens is 1120 g/mol. The van der Waals surface area contributed by atoms with Crippen LogP contribution in [0.15, 0.2) is 122 Å². The van der Waals surface area contributed by atoms with Crippen LogP contribution in [0.4, 0.5) is 4.79 Å². The molecule has 0 aliphatic heterocycles. The predicted octanol–water partition coefficient (Wildman–Crippen LogP) is 11.6. The molecule has 0 fully saturated rings. The third kappa shape index (κ3) is 22.4. The maximum absolute atomic E-state index is 13.2. The molecule has 0 bridgehead atoms. The van der Waals surface area contributed by atoms with Gasteiger partial charge >= 0.3 is 18.0 Å². The number of aliphatic hydroxyl groups is 3. The molecule has 2 atom stereocenters. The molecule has 2 heterocycles. The molecule has 17 nitrogen and oxygen atoms in total. The monoisotopic (exact) mass is 1230 g/mol. The molecule has 0 aliphatic rings. The third-order valence-corrected chi connectivity index (χ3v) is 23.9. The molecule has 0 aliphatic carbocycles. The molecule has 0 spiro atoms. The van der Waals surface area contributed by atoms with Crippen LogP contribution in [0.1, 0.15) is 144 Å². The molecule has 6 aromatic rings. The number of imidazole rings is 2. The molecule has 2 aromatic heterocycles. The Labute approximate surface area is 517 Å². The summed E-state index contributed by atoms with van der Waals surface area (Å²) in [4.78, 5) is 47.2. The van der Waals surface area contributed by atoms with Gasteiger partial charge in [-0.25, -0.2) is 24.4 Å². The van der Waals surface area contributed by atoms with Crippen molar-refractivity contribution in [1.29, 1.82) is 0 Å². The van der Waals surface area contributed by atoms with E-state index in [-0.39, 0.29) is 89.1 Å². The van der Waals surface area contributed by atoms with Crippen LogP contribution in [0.3, 0.4) is 0 Å². The van der Waals surface area contributed by atoms with Crippen LogP contribution in [0.5, 0.6) is 0 Å². The number of amides is 1. The third-order valence-electron chi connectivity index (χ3n) is 14.3. The highest BCUT2D eigenvalue weighted by Gasteiger charge is 2.50. The second-order valence-electron chi connectivity index (χ2n) is 23.8. The number of carbonyl (C=O) groups excluding carboxylic acids is 3.